The highest BCUT2D eigenvalue weighted by molar-refractivity contribution is 5.92. The molecule has 0 radical (unpaired) electrons. The van der Waals surface area contributed by atoms with Crippen molar-refractivity contribution in [2.24, 2.45) is 7.05 Å². The van der Waals surface area contributed by atoms with Crippen molar-refractivity contribution in [2.75, 3.05) is 32.8 Å². The van der Waals surface area contributed by atoms with Crippen molar-refractivity contribution in [3.63, 3.8) is 0 Å². The molecule has 2 fully saturated rings. The minimum Gasteiger partial charge on any atom is -0.371 e. The van der Waals surface area contributed by atoms with Gasteiger partial charge in [0.05, 0.1) is 18.4 Å². The number of morpholine rings is 1. The number of rotatable bonds is 4. The quantitative estimate of drug-likeness (QED) is 0.752. The van der Waals surface area contributed by atoms with Crippen LogP contribution in [0, 0.1) is 0 Å². The van der Waals surface area contributed by atoms with Crippen molar-refractivity contribution in [1.82, 2.24) is 29.8 Å². The number of piperidine rings is 1. The van der Waals surface area contributed by atoms with Gasteiger partial charge in [0.1, 0.15) is 0 Å². The van der Waals surface area contributed by atoms with E-state index < -0.39 is 0 Å². The molecule has 2 amide bonds. The van der Waals surface area contributed by atoms with Gasteiger partial charge in [-0.25, -0.2) is 0 Å². The fourth-order valence-electron chi connectivity index (χ4n) is 4.04. The molecule has 4 heterocycles. The molecule has 2 saturated heterocycles. The molecular formula is C20H26N6O3. The maximum Gasteiger partial charge on any atom is 0.276 e. The van der Waals surface area contributed by atoms with Crippen LogP contribution in [0.3, 0.4) is 0 Å². The lowest BCUT2D eigenvalue weighted by atomic mass is 9.89. The largest absolute Gasteiger partial charge is 0.371 e. The van der Waals surface area contributed by atoms with Crippen LogP contribution >= 0.6 is 0 Å². The van der Waals surface area contributed by atoms with E-state index in [1.54, 1.807) is 30.5 Å². The van der Waals surface area contributed by atoms with Gasteiger partial charge in [-0.05, 0) is 30.9 Å². The lowest BCUT2D eigenvalue weighted by Crippen LogP contribution is -2.58. The normalized spacial score (nSPS) is 18.8. The van der Waals surface area contributed by atoms with E-state index in [9.17, 15) is 9.59 Å². The fraction of sp³-hybridized carbons (Fsp3) is 0.550. The topological polar surface area (TPSA) is 93.5 Å². The van der Waals surface area contributed by atoms with Gasteiger partial charge in [-0.15, -0.1) is 5.10 Å². The van der Waals surface area contributed by atoms with E-state index >= 15 is 0 Å². The van der Waals surface area contributed by atoms with Gasteiger partial charge in [0.25, 0.3) is 5.91 Å². The maximum atomic E-state index is 12.7. The summed E-state index contributed by atoms with van der Waals surface area (Å²) < 4.78 is 7.64. The van der Waals surface area contributed by atoms with Gasteiger partial charge in [0.15, 0.2) is 5.69 Å². The monoisotopic (exact) mass is 398 g/mol. The maximum absolute atomic E-state index is 12.7. The van der Waals surface area contributed by atoms with E-state index in [-0.39, 0.29) is 17.4 Å². The standard InChI is InChI=1S/C20H26N6O3/c1-24-14-17(22-23-24)19(28)25-9-6-20(7-10-25)15-26(11-12-29-20)18(27)5-4-16-3-2-8-21-13-16/h2-3,8,13-14H,4-7,9-12,15H2,1H3. The Morgan fingerprint density at radius 3 is 2.72 bits per heavy atom. The van der Waals surface area contributed by atoms with Gasteiger partial charge in [-0.3, -0.25) is 19.3 Å². The lowest BCUT2D eigenvalue weighted by molar-refractivity contribution is -0.158. The fourth-order valence-corrected chi connectivity index (χ4v) is 4.04. The highest BCUT2D eigenvalue weighted by Crippen LogP contribution is 2.31. The van der Waals surface area contributed by atoms with E-state index in [0.29, 0.717) is 64.2 Å². The van der Waals surface area contributed by atoms with Gasteiger partial charge in [-0.2, -0.15) is 0 Å². The average Bonchev–Trinajstić information content (AvgIpc) is 3.19. The second-order valence-corrected chi connectivity index (χ2v) is 7.78. The zero-order valence-corrected chi connectivity index (χ0v) is 16.7. The Hall–Kier alpha value is -2.81. The molecule has 9 heteroatoms. The molecule has 29 heavy (non-hydrogen) atoms. The smallest absolute Gasteiger partial charge is 0.276 e. The summed E-state index contributed by atoms with van der Waals surface area (Å²) in [7, 11) is 1.74. The first-order valence-electron chi connectivity index (χ1n) is 10.0. The number of aryl methyl sites for hydroxylation is 2. The Balaban J connectivity index is 1.31. The molecule has 2 aromatic rings. The van der Waals surface area contributed by atoms with Crippen LogP contribution in [0.4, 0.5) is 0 Å². The van der Waals surface area contributed by atoms with E-state index in [4.69, 9.17) is 4.74 Å². The SMILES string of the molecule is Cn1cc(C(=O)N2CCC3(CC2)CN(C(=O)CCc2cccnc2)CCO3)nn1. The average molecular weight is 398 g/mol. The third-order valence-electron chi connectivity index (χ3n) is 5.74. The lowest BCUT2D eigenvalue weighted by Gasteiger charge is -2.47. The minimum atomic E-state index is -0.360. The summed E-state index contributed by atoms with van der Waals surface area (Å²) in [6, 6.07) is 3.88. The zero-order valence-electron chi connectivity index (χ0n) is 16.7. The molecule has 0 bridgehead atoms. The van der Waals surface area contributed by atoms with E-state index in [1.165, 1.54) is 4.68 Å². The number of nitrogens with zero attached hydrogens (tertiary/aromatic N) is 6. The van der Waals surface area contributed by atoms with Crippen LogP contribution in [0.5, 0.6) is 0 Å². The predicted molar refractivity (Wildman–Crippen MR) is 104 cm³/mol. The predicted octanol–water partition coefficient (Wildman–Crippen LogP) is 0.677. The van der Waals surface area contributed by atoms with Crippen molar-refractivity contribution in [3.8, 4) is 0 Å². The van der Waals surface area contributed by atoms with Gasteiger partial charge in [-0.1, -0.05) is 11.3 Å². The van der Waals surface area contributed by atoms with E-state index in [1.807, 2.05) is 17.0 Å². The Labute approximate surface area is 169 Å². The highest BCUT2D eigenvalue weighted by Gasteiger charge is 2.42. The molecule has 154 valence electrons. The number of ether oxygens (including phenoxy) is 1. The molecule has 1 spiro atoms. The van der Waals surface area contributed by atoms with E-state index in [2.05, 4.69) is 15.3 Å². The molecule has 2 aliphatic rings. The van der Waals surface area contributed by atoms with Crippen molar-refractivity contribution in [1.29, 1.82) is 0 Å². The number of hydrogen-bond acceptors (Lipinski definition) is 6. The second-order valence-electron chi connectivity index (χ2n) is 7.78. The second kappa shape index (κ2) is 8.28. The molecule has 0 aliphatic carbocycles. The van der Waals surface area contributed by atoms with E-state index in [0.717, 1.165) is 5.56 Å². The number of amides is 2. The molecule has 0 aromatic carbocycles. The molecule has 9 nitrogen and oxygen atoms in total. The molecule has 2 aliphatic heterocycles. The first-order valence-corrected chi connectivity index (χ1v) is 10.0. The van der Waals surface area contributed by atoms with Gasteiger partial charge >= 0.3 is 0 Å². The van der Waals surface area contributed by atoms with Crippen LogP contribution in [0.15, 0.2) is 30.7 Å². The van der Waals surface area contributed by atoms with Crippen LogP contribution < -0.4 is 0 Å². The van der Waals surface area contributed by atoms with Gasteiger partial charge in [0.2, 0.25) is 5.91 Å². The number of likely N-dealkylation sites (tertiary alicyclic amines) is 1. The first-order chi connectivity index (χ1) is 14.0. The van der Waals surface area contributed by atoms with Crippen molar-refractivity contribution >= 4 is 11.8 Å². The summed E-state index contributed by atoms with van der Waals surface area (Å²) in [4.78, 5) is 33.1. The summed E-state index contributed by atoms with van der Waals surface area (Å²) in [6.45, 7) is 2.93. The molecule has 2 aromatic heterocycles. The van der Waals surface area contributed by atoms with Crippen molar-refractivity contribution in [2.45, 2.75) is 31.3 Å². The number of aromatic nitrogens is 4. The zero-order chi connectivity index (χ0) is 20.3. The van der Waals surface area contributed by atoms with Gasteiger partial charge in [0, 0.05) is 52.0 Å². The van der Waals surface area contributed by atoms with Crippen molar-refractivity contribution in [3.05, 3.63) is 42.0 Å². The van der Waals surface area contributed by atoms with Crippen LogP contribution in [0.1, 0.15) is 35.3 Å². The summed E-state index contributed by atoms with van der Waals surface area (Å²) in [5, 5.41) is 7.74. The Morgan fingerprint density at radius 2 is 2.03 bits per heavy atom. The number of carbonyl (C=O) groups is 2. The summed E-state index contributed by atoms with van der Waals surface area (Å²) >= 11 is 0. The number of carbonyl (C=O) groups excluding carboxylic acids is 2. The minimum absolute atomic E-state index is 0.104. The summed E-state index contributed by atoms with van der Waals surface area (Å²) in [6.07, 6.45) is 7.76. The molecule has 0 N–H and O–H groups in total. The molecule has 0 unspecified atom stereocenters. The molecule has 0 saturated carbocycles. The first kappa shape index (κ1) is 19.5. The summed E-state index contributed by atoms with van der Waals surface area (Å²) in [5.41, 5.74) is 1.07. The van der Waals surface area contributed by atoms with Crippen LogP contribution in [0.25, 0.3) is 0 Å². The Bertz CT molecular complexity index is 860. The molecule has 4 rings (SSSR count). The highest BCUT2D eigenvalue weighted by atomic mass is 16.5. The molecule has 0 atom stereocenters. The van der Waals surface area contributed by atoms with Gasteiger partial charge < -0.3 is 14.5 Å². The molecular weight excluding hydrogens is 372 g/mol. The third-order valence-corrected chi connectivity index (χ3v) is 5.74. The van der Waals surface area contributed by atoms with Crippen LogP contribution in [0.2, 0.25) is 0 Å². The third kappa shape index (κ3) is 4.45. The van der Waals surface area contributed by atoms with Crippen LogP contribution in [-0.4, -0.2) is 80.0 Å². The summed E-state index contributed by atoms with van der Waals surface area (Å²) in [5.74, 6) is 0.0442. The number of pyridine rings is 1. The van der Waals surface area contributed by atoms with Crippen molar-refractivity contribution < 1.29 is 14.3 Å². The Morgan fingerprint density at radius 1 is 1.21 bits per heavy atom. The van der Waals surface area contributed by atoms with Crippen LogP contribution in [-0.2, 0) is 23.0 Å². The Kier molecular flexibility index (Phi) is 5.57. The number of hydrogen-bond donors (Lipinski definition) is 0.